The minimum atomic E-state index is 0.549. The Morgan fingerprint density at radius 3 is 1.63 bits per heavy atom. The Hall–Kier alpha value is -8.61. The van der Waals surface area contributed by atoms with Gasteiger partial charge in [0, 0.05) is 61.4 Å². The second-order valence-electron chi connectivity index (χ2n) is 15.6. The molecule has 0 saturated carbocycles. The minimum Gasteiger partial charge on any atom is -0.456 e. The van der Waals surface area contributed by atoms with Crippen molar-refractivity contribution in [3.63, 3.8) is 0 Å². The van der Waals surface area contributed by atoms with Crippen LogP contribution in [0.4, 0.5) is 17.1 Å². The zero-order valence-electron chi connectivity index (χ0n) is 34.0. The van der Waals surface area contributed by atoms with Crippen LogP contribution < -0.4 is 4.90 Å². The lowest BCUT2D eigenvalue weighted by molar-refractivity contribution is 0.669. The summed E-state index contributed by atoms with van der Waals surface area (Å²) in [4.78, 5) is 18.2. The summed E-state index contributed by atoms with van der Waals surface area (Å²) in [5.41, 5.74) is 12.7. The van der Waals surface area contributed by atoms with Crippen LogP contribution in [0.1, 0.15) is 0 Å². The zero-order chi connectivity index (χ0) is 41.7. The van der Waals surface area contributed by atoms with Gasteiger partial charge in [0.05, 0.1) is 16.7 Å². The topological polar surface area (TPSA) is 60.0 Å². The Balaban J connectivity index is 1.10. The van der Waals surface area contributed by atoms with E-state index < -0.39 is 0 Å². The molecule has 0 unspecified atom stereocenters. The Labute approximate surface area is 363 Å². The summed E-state index contributed by atoms with van der Waals surface area (Å²) in [6, 6.07) is 77.9. The van der Waals surface area contributed by atoms with Gasteiger partial charge in [-0.25, -0.2) is 15.0 Å². The first kappa shape index (κ1) is 36.3. The summed E-state index contributed by atoms with van der Waals surface area (Å²) >= 11 is 0. The Morgan fingerprint density at radius 2 is 0.889 bits per heavy atom. The first-order valence-corrected chi connectivity index (χ1v) is 21.1. The third-order valence-electron chi connectivity index (χ3n) is 11.8. The lowest BCUT2D eigenvalue weighted by Gasteiger charge is -2.26. The Kier molecular flexibility index (Phi) is 8.71. The summed E-state index contributed by atoms with van der Waals surface area (Å²) in [7, 11) is 0. The van der Waals surface area contributed by atoms with Crippen LogP contribution in [0.15, 0.2) is 229 Å². The fraction of sp³-hybridized carbons (Fsp3) is 0. The van der Waals surface area contributed by atoms with E-state index >= 15 is 0 Å². The molecule has 0 atom stereocenters. The van der Waals surface area contributed by atoms with Crippen molar-refractivity contribution < 1.29 is 4.42 Å². The van der Waals surface area contributed by atoms with E-state index in [0.717, 1.165) is 83.4 Å². The van der Waals surface area contributed by atoms with E-state index in [2.05, 4.69) is 191 Å². The Bertz CT molecular complexity index is 3600. The smallest absolute Gasteiger partial charge is 0.164 e. The number of nitrogens with zero attached hydrogens (tertiary/aromatic N) is 5. The molecule has 0 N–H and O–H groups in total. The van der Waals surface area contributed by atoms with Gasteiger partial charge in [0.15, 0.2) is 17.5 Å². The molecule has 0 aliphatic rings. The quantitative estimate of drug-likeness (QED) is 0.153. The highest BCUT2D eigenvalue weighted by Crippen LogP contribution is 2.44. The maximum absolute atomic E-state index is 6.72. The van der Waals surface area contributed by atoms with E-state index in [1.54, 1.807) is 0 Å². The van der Waals surface area contributed by atoms with Gasteiger partial charge in [-0.3, -0.25) is 0 Å². The fourth-order valence-corrected chi connectivity index (χ4v) is 8.91. The monoisotopic (exact) mass is 807 g/mol. The molecule has 12 aromatic rings. The summed E-state index contributed by atoms with van der Waals surface area (Å²) in [6.45, 7) is 0. The van der Waals surface area contributed by atoms with Gasteiger partial charge in [0.25, 0.3) is 0 Å². The minimum absolute atomic E-state index is 0.549. The third kappa shape index (κ3) is 6.40. The van der Waals surface area contributed by atoms with Crippen LogP contribution in [0.3, 0.4) is 0 Å². The number of furan rings is 1. The molecule has 0 spiro atoms. The van der Waals surface area contributed by atoms with Crippen LogP contribution >= 0.6 is 0 Å². The van der Waals surface area contributed by atoms with E-state index in [9.17, 15) is 0 Å². The number of hydrogen-bond acceptors (Lipinski definition) is 5. The summed E-state index contributed by atoms with van der Waals surface area (Å²) < 4.78 is 9.04. The summed E-state index contributed by atoms with van der Waals surface area (Å²) in [6.07, 6.45) is 0. The second-order valence-corrected chi connectivity index (χ2v) is 15.6. The molecule has 0 amide bonds. The molecule has 0 bridgehead atoms. The molecule has 296 valence electrons. The van der Waals surface area contributed by atoms with Crippen LogP contribution in [0.2, 0.25) is 0 Å². The molecule has 3 heterocycles. The van der Waals surface area contributed by atoms with E-state index in [-0.39, 0.29) is 0 Å². The van der Waals surface area contributed by atoms with Crippen LogP contribution in [-0.2, 0) is 0 Å². The molecule has 9 aromatic carbocycles. The van der Waals surface area contributed by atoms with Crippen molar-refractivity contribution in [2.75, 3.05) is 4.90 Å². The van der Waals surface area contributed by atoms with Crippen molar-refractivity contribution in [2.45, 2.75) is 0 Å². The van der Waals surface area contributed by atoms with Gasteiger partial charge in [-0.2, -0.15) is 0 Å². The van der Waals surface area contributed by atoms with E-state index in [1.807, 2.05) is 42.5 Å². The van der Waals surface area contributed by atoms with E-state index in [1.165, 1.54) is 10.9 Å². The maximum atomic E-state index is 6.72. The van der Waals surface area contributed by atoms with Gasteiger partial charge in [0.2, 0.25) is 0 Å². The lowest BCUT2D eigenvalue weighted by Crippen LogP contribution is -2.10. The normalized spacial score (nSPS) is 11.5. The average Bonchev–Trinajstić information content (AvgIpc) is 3.90. The highest BCUT2D eigenvalue weighted by Gasteiger charge is 2.23. The van der Waals surface area contributed by atoms with E-state index in [4.69, 9.17) is 19.4 Å². The van der Waals surface area contributed by atoms with Crippen LogP contribution in [0.5, 0.6) is 0 Å². The van der Waals surface area contributed by atoms with Gasteiger partial charge in [-0.15, -0.1) is 0 Å². The number of aromatic nitrogens is 4. The fourth-order valence-electron chi connectivity index (χ4n) is 8.91. The number of hydrogen-bond donors (Lipinski definition) is 0. The van der Waals surface area contributed by atoms with Crippen molar-refractivity contribution >= 4 is 60.8 Å². The number of benzene rings is 9. The first-order chi connectivity index (χ1) is 31.2. The Morgan fingerprint density at radius 1 is 0.349 bits per heavy atom. The molecular formula is C57H37N5O. The van der Waals surface area contributed by atoms with Crippen molar-refractivity contribution in [1.29, 1.82) is 0 Å². The van der Waals surface area contributed by atoms with Crippen molar-refractivity contribution in [2.24, 2.45) is 0 Å². The molecule has 0 aliphatic heterocycles. The highest BCUT2D eigenvalue weighted by atomic mass is 16.3. The maximum Gasteiger partial charge on any atom is 0.164 e. The molecule has 6 nitrogen and oxygen atoms in total. The summed E-state index contributed by atoms with van der Waals surface area (Å²) in [5, 5.41) is 4.28. The number of para-hydroxylation sites is 4. The molecule has 6 heteroatoms. The molecule has 0 radical (unpaired) electrons. The molecule has 3 aromatic heterocycles. The molecule has 0 fully saturated rings. The second kappa shape index (κ2) is 15.1. The van der Waals surface area contributed by atoms with Crippen molar-refractivity contribution in [3.8, 4) is 51.0 Å². The number of rotatable bonds is 8. The molecule has 12 rings (SSSR count). The molecule has 63 heavy (non-hydrogen) atoms. The molecule has 0 aliphatic carbocycles. The van der Waals surface area contributed by atoms with Crippen LogP contribution in [0.25, 0.3) is 94.7 Å². The number of fused-ring (bicyclic) bond motifs is 6. The van der Waals surface area contributed by atoms with Gasteiger partial charge in [-0.05, 0) is 71.8 Å². The highest BCUT2D eigenvalue weighted by molar-refractivity contribution is 6.14. The standard InChI is InChI=1S/C57H37N5O/c1-5-17-38(18-6-1)39-29-32-44(33-30-39)61(42-21-9-3-10-22-42)45-36-49(54-48-26-14-16-28-52(48)63-53(54)37-45)57-59-55(40-19-7-2-8-20-40)58-56(60-57)41-31-34-47-46-25-13-15-27-50(46)62(51(47)35-41)43-23-11-4-12-24-43/h1-37H. The van der Waals surface area contributed by atoms with Gasteiger partial charge >= 0.3 is 0 Å². The molecule has 0 saturated heterocycles. The summed E-state index contributed by atoms with van der Waals surface area (Å²) in [5.74, 6) is 1.71. The lowest BCUT2D eigenvalue weighted by atomic mass is 10.0. The predicted molar refractivity (Wildman–Crippen MR) is 258 cm³/mol. The largest absolute Gasteiger partial charge is 0.456 e. The third-order valence-corrected chi connectivity index (χ3v) is 11.8. The van der Waals surface area contributed by atoms with Gasteiger partial charge < -0.3 is 13.9 Å². The van der Waals surface area contributed by atoms with Crippen molar-refractivity contribution in [3.05, 3.63) is 224 Å². The van der Waals surface area contributed by atoms with E-state index in [0.29, 0.717) is 17.5 Å². The first-order valence-electron chi connectivity index (χ1n) is 21.1. The van der Waals surface area contributed by atoms with Crippen LogP contribution in [0, 0.1) is 0 Å². The predicted octanol–water partition coefficient (Wildman–Crippen LogP) is 15.0. The van der Waals surface area contributed by atoms with Crippen molar-refractivity contribution in [1.82, 2.24) is 19.5 Å². The number of anilines is 3. The van der Waals surface area contributed by atoms with Crippen LogP contribution in [-0.4, -0.2) is 19.5 Å². The molecular weight excluding hydrogens is 771 g/mol. The van der Waals surface area contributed by atoms with Gasteiger partial charge in [-0.1, -0.05) is 158 Å². The SMILES string of the molecule is c1ccc(-c2ccc(N(c3ccccc3)c3cc(-c4nc(-c5ccccc5)nc(-c5ccc6c7ccccc7n(-c7ccccc7)c6c5)n4)c4c(c3)oc3ccccc34)cc2)cc1. The van der Waals surface area contributed by atoms with Gasteiger partial charge in [0.1, 0.15) is 11.2 Å². The average molecular weight is 808 g/mol. The zero-order valence-corrected chi connectivity index (χ0v) is 34.0.